The summed E-state index contributed by atoms with van der Waals surface area (Å²) in [6, 6.07) is 3.06. The normalized spacial score (nSPS) is 42.7. The Hall–Kier alpha value is -0.120. The van der Waals surface area contributed by atoms with E-state index >= 15 is 0 Å². The molecular weight excluding hydrogens is 258 g/mol. The second kappa shape index (κ2) is 6.97. The van der Waals surface area contributed by atoms with Gasteiger partial charge in [0.25, 0.3) is 0 Å². The van der Waals surface area contributed by atoms with Crippen LogP contribution in [0.5, 0.6) is 0 Å². The highest BCUT2D eigenvalue weighted by molar-refractivity contribution is 4.97. The third kappa shape index (κ3) is 3.30. The van der Waals surface area contributed by atoms with Crippen LogP contribution in [0.15, 0.2) is 0 Å². The molecule has 0 aromatic rings. The van der Waals surface area contributed by atoms with Crippen LogP contribution in [0.2, 0.25) is 0 Å². The number of nitrogens with one attached hydrogen (secondary N) is 1. The minimum atomic E-state index is 0.713. The summed E-state index contributed by atoms with van der Waals surface area (Å²) in [5, 5.41) is 3.63. The number of likely N-dealkylation sites (N-methyl/N-ethyl adjacent to an activating group) is 1. The fourth-order valence-corrected chi connectivity index (χ4v) is 5.14. The third-order valence-electron chi connectivity index (χ3n) is 6.53. The topological polar surface area (TPSA) is 18.5 Å². The molecule has 1 N–H and O–H groups in total. The number of piperazine rings is 1. The first-order valence-electron chi connectivity index (χ1n) is 9.40. The van der Waals surface area contributed by atoms with Crippen molar-refractivity contribution in [1.29, 1.82) is 0 Å². The van der Waals surface area contributed by atoms with E-state index in [9.17, 15) is 0 Å². The van der Waals surface area contributed by atoms with Gasteiger partial charge in [0.1, 0.15) is 0 Å². The van der Waals surface area contributed by atoms with Crippen molar-refractivity contribution in [3.8, 4) is 0 Å². The van der Waals surface area contributed by atoms with E-state index in [-0.39, 0.29) is 0 Å². The van der Waals surface area contributed by atoms with Crippen LogP contribution in [0.4, 0.5) is 0 Å². The fourth-order valence-electron chi connectivity index (χ4n) is 5.14. The molecule has 3 nitrogen and oxygen atoms in total. The standard InChI is InChI=1S/C18H35N3/c1-4-15-8-9-17(19-3)18(11-15)21-13-16-7-5-6-10-20(16)12-14(21)2/h14-19H,4-13H2,1-3H3. The molecule has 2 saturated heterocycles. The molecule has 1 aliphatic carbocycles. The molecule has 122 valence electrons. The van der Waals surface area contributed by atoms with Crippen molar-refractivity contribution < 1.29 is 0 Å². The molecule has 0 aromatic heterocycles. The number of nitrogens with zero attached hydrogens (tertiary/aromatic N) is 2. The monoisotopic (exact) mass is 293 g/mol. The predicted octanol–water partition coefficient (Wildman–Crippen LogP) is 2.71. The quantitative estimate of drug-likeness (QED) is 0.863. The highest BCUT2D eigenvalue weighted by Crippen LogP contribution is 2.34. The summed E-state index contributed by atoms with van der Waals surface area (Å²) < 4.78 is 0. The van der Waals surface area contributed by atoms with E-state index in [1.54, 1.807) is 0 Å². The predicted molar refractivity (Wildman–Crippen MR) is 89.6 cm³/mol. The zero-order valence-electron chi connectivity index (χ0n) is 14.4. The van der Waals surface area contributed by atoms with Crippen LogP contribution < -0.4 is 5.32 Å². The Morgan fingerprint density at radius 2 is 1.95 bits per heavy atom. The number of rotatable bonds is 3. The molecule has 0 bridgehead atoms. The number of hydrogen-bond acceptors (Lipinski definition) is 3. The Kier molecular flexibility index (Phi) is 5.23. The second-order valence-corrected chi connectivity index (χ2v) is 7.74. The van der Waals surface area contributed by atoms with Crippen LogP contribution in [0, 0.1) is 5.92 Å². The number of hydrogen-bond donors (Lipinski definition) is 1. The maximum absolute atomic E-state index is 3.63. The van der Waals surface area contributed by atoms with Crippen LogP contribution in [0.25, 0.3) is 0 Å². The molecule has 5 unspecified atom stereocenters. The van der Waals surface area contributed by atoms with Gasteiger partial charge in [0.15, 0.2) is 0 Å². The Labute approximate surface area is 131 Å². The molecule has 0 spiro atoms. The SMILES string of the molecule is CCC1CCC(NC)C(N2CC3CCCCN3CC2C)C1. The Bertz CT molecular complexity index is 332. The lowest BCUT2D eigenvalue weighted by Gasteiger charge is -2.53. The van der Waals surface area contributed by atoms with Crippen molar-refractivity contribution >= 4 is 0 Å². The molecule has 3 fully saturated rings. The molecule has 2 heterocycles. The van der Waals surface area contributed by atoms with Crippen molar-refractivity contribution in [3.63, 3.8) is 0 Å². The maximum Gasteiger partial charge on any atom is 0.0255 e. The van der Waals surface area contributed by atoms with E-state index in [1.165, 1.54) is 64.6 Å². The zero-order chi connectivity index (χ0) is 14.8. The fraction of sp³-hybridized carbons (Fsp3) is 1.00. The van der Waals surface area contributed by atoms with Gasteiger partial charge in [-0.25, -0.2) is 0 Å². The summed E-state index contributed by atoms with van der Waals surface area (Å²) in [5.41, 5.74) is 0. The Morgan fingerprint density at radius 1 is 1.10 bits per heavy atom. The smallest absolute Gasteiger partial charge is 0.0255 e. The lowest BCUT2D eigenvalue weighted by molar-refractivity contribution is -0.0300. The van der Waals surface area contributed by atoms with Crippen LogP contribution in [0.1, 0.15) is 58.8 Å². The summed E-state index contributed by atoms with van der Waals surface area (Å²) in [4.78, 5) is 5.66. The maximum atomic E-state index is 3.63. The minimum Gasteiger partial charge on any atom is -0.315 e. The Morgan fingerprint density at radius 3 is 2.71 bits per heavy atom. The van der Waals surface area contributed by atoms with Crippen LogP contribution >= 0.6 is 0 Å². The molecule has 3 rings (SSSR count). The molecule has 5 atom stereocenters. The van der Waals surface area contributed by atoms with E-state index in [1.807, 2.05) is 0 Å². The molecule has 21 heavy (non-hydrogen) atoms. The largest absolute Gasteiger partial charge is 0.315 e. The van der Waals surface area contributed by atoms with Gasteiger partial charge in [-0.3, -0.25) is 9.80 Å². The molecule has 3 aliphatic rings. The van der Waals surface area contributed by atoms with Crippen LogP contribution in [0.3, 0.4) is 0 Å². The highest BCUT2D eigenvalue weighted by Gasteiger charge is 2.40. The highest BCUT2D eigenvalue weighted by atomic mass is 15.3. The zero-order valence-corrected chi connectivity index (χ0v) is 14.4. The minimum absolute atomic E-state index is 0.713. The molecule has 1 saturated carbocycles. The van der Waals surface area contributed by atoms with E-state index < -0.39 is 0 Å². The molecule has 3 heteroatoms. The van der Waals surface area contributed by atoms with E-state index in [2.05, 4.69) is 36.0 Å². The van der Waals surface area contributed by atoms with Crippen molar-refractivity contribution in [3.05, 3.63) is 0 Å². The molecule has 2 aliphatic heterocycles. The molecular formula is C18H35N3. The lowest BCUT2D eigenvalue weighted by Crippen LogP contribution is -2.64. The van der Waals surface area contributed by atoms with Gasteiger partial charge in [-0.2, -0.15) is 0 Å². The molecule has 0 aromatic carbocycles. The average molecular weight is 293 g/mol. The lowest BCUT2D eigenvalue weighted by atomic mass is 9.79. The van der Waals surface area contributed by atoms with Crippen molar-refractivity contribution in [2.24, 2.45) is 5.92 Å². The number of piperidine rings is 1. The van der Waals surface area contributed by atoms with Gasteiger partial charge in [0.05, 0.1) is 0 Å². The Balaban J connectivity index is 1.70. The summed E-state index contributed by atoms with van der Waals surface area (Å²) in [7, 11) is 2.17. The third-order valence-corrected chi connectivity index (χ3v) is 6.53. The van der Waals surface area contributed by atoms with Gasteiger partial charge in [-0.1, -0.05) is 19.8 Å². The second-order valence-electron chi connectivity index (χ2n) is 7.74. The van der Waals surface area contributed by atoms with Crippen molar-refractivity contribution in [1.82, 2.24) is 15.1 Å². The summed E-state index contributed by atoms with van der Waals surface area (Å²) in [6.07, 6.45) is 9.87. The first kappa shape index (κ1) is 15.8. The van der Waals surface area contributed by atoms with Gasteiger partial charge in [-0.15, -0.1) is 0 Å². The van der Waals surface area contributed by atoms with E-state index in [0.717, 1.165) is 24.0 Å². The van der Waals surface area contributed by atoms with Gasteiger partial charge in [0.2, 0.25) is 0 Å². The summed E-state index contributed by atoms with van der Waals surface area (Å²) in [5.74, 6) is 0.955. The van der Waals surface area contributed by atoms with E-state index in [4.69, 9.17) is 0 Å². The summed E-state index contributed by atoms with van der Waals surface area (Å²) in [6.45, 7) is 8.81. The van der Waals surface area contributed by atoms with Crippen molar-refractivity contribution in [2.75, 3.05) is 26.7 Å². The van der Waals surface area contributed by atoms with Gasteiger partial charge in [0, 0.05) is 37.3 Å². The average Bonchev–Trinajstić information content (AvgIpc) is 2.53. The molecule has 0 radical (unpaired) electrons. The van der Waals surface area contributed by atoms with E-state index in [0.29, 0.717) is 6.04 Å². The van der Waals surface area contributed by atoms with Crippen LogP contribution in [-0.4, -0.2) is 60.6 Å². The first-order valence-corrected chi connectivity index (χ1v) is 9.40. The first-order chi connectivity index (χ1) is 10.2. The van der Waals surface area contributed by atoms with Crippen molar-refractivity contribution in [2.45, 2.75) is 83.0 Å². The van der Waals surface area contributed by atoms with Gasteiger partial charge in [-0.05, 0) is 58.5 Å². The molecule has 0 amide bonds. The van der Waals surface area contributed by atoms with Gasteiger partial charge < -0.3 is 5.32 Å². The van der Waals surface area contributed by atoms with Crippen LogP contribution in [-0.2, 0) is 0 Å². The number of fused-ring (bicyclic) bond motifs is 1. The van der Waals surface area contributed by atoms with Gasteiger partial charge >= 0.3 is 0 Å². The summed E-state index contributed by atoms with van der Waals surface area (Å²) >= 11 is 0.